The van der Waals surface area contributed by atoms with Crippen molar-refractivity contribution >= 4 is 49.7 Å². The van der Waals surface area contributed by atoms with Crippen molar-refractivity contribution in [3.8, 4) is 5.75 Å². The zero-order valence-electron chi connectivity index (χ0n) is 16.8. The average molecular weight is 498 g/mol. The van der Waals surface area contributed by atoms with Crippen molar-refractivity contribution in [3.05, 3.63) is 69.1 Å². The van der Waals surface area contributed by atoms with Crippen LogP contribution in [0.1, 0.15) is 11.3 Å². The number of nitrogens with zero attached hydrogens (tertiary/aromatic N) is 3. The Kier molecular flexibility index (Phi) is 6.74. The lowest BCUT2D eigenvalue weighted by atomic mass is 10.1. The molecule has 1 aromatic heterocycles. The molecule has 0 N–H and O–H groups in total. The molecule has 0 atom stereocenters. The minimum Gasteiger partial charge on any atom is -0.497 e. The molecule has 0 unspecified atom stereocenters. The van der Waals surface area contributed by atoms with Gasteiger partial charge < -0.3 is 9.64 Å². The van der Waals surface area contributed by atoms with Crippen LogP contribution in [0.4, 0.5) is 5.13 Å². The second-order valence-corrected chi connectivity index (χ2v) is 10.6. The second-order valence-electron chi connectivity index (χ2n) is 7.09. The number of halogens is 2. The highest BCUT2D eigenvalue weighted by Gasteiger charge is 2.31. The monoisotopic (exact) mass is 497 g/mol. The van der Waals surface area contributed by atoms with Crippen LogP contribution < -0.4 is 9.64 Å². The van der Waals surface area contributed by atoms with E-state index in [1.54, 1.807) is 30.6 Å². The topological polar surface area (TPSA) is 62.7 Å². The number of sulfonamides is 1. The van der Waals surface area contributed by atoms with Gasteiger partial charge in [-0.3, -0.25) is 0 Å². The number of ether oxygens (including phenoxy) is 1. The Hall–Kier alpha value is -1.84. The summed E-state index contributed by atoms with van der Waals surface area (Å²) in [6.45, 7) is 1.84. The molecule has 4 rings (SSSR count). The second kappa shape index (κ2) is 9.34. The van der Waals surface area contributed by atoms with Crippen LogP contribution in [0.2, 0.25) is 10.0 Å². The lowest BCUT2D eigenvalue weighted by Gasteiger charge is -2.34. The molecule has 2 heterocycles. The molecule has 1 aliphatic heterocycles. The van der Waals surface area contributed by atoms with E-state index in [0.29, 0.717) is 26.2 Å². The van der Waals surface area contributed by atoms with E-state index < -0.39 is 10.0 Å². The zero-order chi connectivity index (χ0) is 22.0. The van der Waals surface area contributed by atoms with Gasteiger partial charge in [-0.05, 0) is 29.8 Å². The van der Waals surface area contributed by atoms with Gasteiger partial charge in [-0.2, -0.15) is 4.31 Å². The van der Waals surface area contributed by atoms with Crippen LogP contribution in [0, 0.1) is 0 Å². The Balaban J connectivity index is 1.40. The van der Waals surface area contributed by atoms with Crippen LogP contribution in [0.15, 0.2) is 52.7 Å². The first-order chi connectivity index (χ1) is 14.9. The highest BCUT2D eigenvalue weighted by atomic mass is 35.5. The van der Waals surface area contributed by atoms with Crippen LogP contribution in [-0.4, -0.2) is 51.0 Å². The average Bonchev–Trinajstić information content (AvgIpc) is 3.24. The van der Waals surface area contributed by atoms with Gasteiger partial charge in [0, 0.05) is 38.0 Å². The number of anilines is 1. The molecule has 31 heavy (non-hydrogen) atoms. The van der Waals surface area contributed by atoms with E-state index in [-0.39, 0.29) is 14.9 Å². The maximum atomic E-state index is 13.0. The van der Waals surface area contributed by atoms with E-state index in [1.807, 2.05) is 24.3 Å². The number of methoxy groups -OCH3 is 1. The molecule has 1 aliphatic rings. The summed E-state index contributed by atoms with van der Waals surface area (Å²) in [6.07, 6.45) is 0.738. The summed E-state index contributed by atoms with van der Waals surface area (Å²) in [5.74, 6) is 0.828. The molecule has 1 saturated heterocycles. The Morgan fingerprint density at radius 1 is 1.06 bits per heavy atom. The van der Waals surface area contributed by atoms with Crippen molar-refractivity contribution in [2.75, 3.05) is 38.2 Å². The summed E-state index contributed by atoms with van der Waals surface area (Å²) in [6, 6.07) is 12.6. The number of thiazole rings is 1. The van der Waals surface area contributed by atoms with E-state index in [2.05, 4.69) is 10.3 Å². The molecule has 0 amide bonds. The van der Waals surface area contributed by atoms with Crippen LogP contribution >= 0.6 is 34.5 Å². The maximum absolute atomic E-state index is 13.0. The summed E-state index contributed by atoms with van der Waals surface area (Å²) in [4.78, 5) is 6.92. The van der Waals surface area contributed by atoms with Crippen LogP contribution in [0.5, 0.6) is 5.75 Å². The molecule has 0 radical (unpaired) electrons. The van der Waals surface area contributed by atoms with Crippen molar-refractivity contribution in [1.82, 2.24) is 9.29 Å². The Morgan fingerprint density at radius 2 is 1.77 bits per heavy atom. The van der Waals surface area contributed by atoms with Crippen molar-refractivity contribution in [1.29, 1.82) is 0 Å². The molecular formula is C21H21Cl2N3O3S2. The molecule has 1 fully saturated rings. The fourth-order valence-corrected chi connectivity index (χ4v) is 6.45. The minimum atomic E-state index is -3.70. The fraction of sp³-hybridized carbons (Fsp3) is 0.286. The van der Waals surface area contributed by atoms with E-state index in [0.717, 1.165) is 28.6 Å². The van der Waals surface area contributed by atoms with Crippen molar-refractivity contribution in [2.24, 2.45) is 0 Å². The fourth-order valence-electron chi connectivity index (χ4n) is 3.42. The number of piperazine rings is 1. The van der Waals surface area contributed by atoms with Gasteiger partial charge in [-0.25, -0.2) is 13.4 Å². The number of rotatable bonds is 6. The number of hydrogen-bond donors (Lipinski definition) is 0. The largest absolute Gasteiger partial charge is 0.497 e. The normalized spacial score (nSPS) is 15.3. The molecule has 6 nitrogen and oxygen atoms in total. The molecule has 0 saturated carbocycles. The molecule has 0 aliphatic carbocycles. The highest BCUT2D eigenvalue weighted by Crippen LogP contribution is 2.32. The van der Waals surface area contributed by atoms with Gasteiger partial charge in [-0.1, -0.05) is 41.4 Å². The molecule has 10 heteroatoms. The van der Waals surface area contributed by atoms with Crippen LogP contribution in [0.3, 0.4) is 0 Å². The first-order valence-electron chi connectivity index (χ1n) is 9.65. The standard InChI is InChI=1S/C21H21Cl2N3O3S2/c1-29-17-7-5-15(6-8-17)13-16-14-30-21(24-16)25-9-11-26(12-10-25)31(27,28)19-4-2-3-18(22)20(19)23/h2-8,14H,9-13H2,1H3. The van der Waals surface area contributed by atoms with Gasteiger partial charge in [0.2, 0.25) is 10.0 Å². The molecule has 0 bridgehead atoms. The van der Waals surface area contributed by atoms with Gasteiger partial charge in [0.15, 0.2) is 5.13 Å². The van der Waals surface area contributed by atoms with E-state index in [1.165, 1.54) is 10.4 Å². The molecule has 3 aromatic rings. The smallest absolute Gasteiger partial charge is 0.244 e. The van der Waals surface area contributed by atoms with Crippen molar-refractivity contribution < 1.29 is 13.2 Å². The van der Waals surface area contributed by atoms with Gasteiger partial charge in [0.1, 0.15) is 10.6 Å². The van der Waals surface area contributed by atoms with Crippen molar-refractivity contribution in [2.45, 2.75) is 11.3 Å². The van der Waals surface area contributed by atoms with Crippen LogP contribution in [-0.2, 0) is 16.4 Å². The maximum Gasteiger partial charge on any atom is 0.244 e. The van der Waals surface area contributed by atoms with Crippen molar-refractivity contribution in [3.63, 3.8) is 0 Å². The number of benzene rings is 2. The molecule has 2 aromatic carbocycles. The Bertz CT molecular complexity index is 1160. The summed E-state index contributed by atoms with van der Waals surface area (Å²) in [7, 11) is -2.05. The lowest BCUT2D eigenvalue weighted by Crippen LogP contribution is -2.48. The number of aromatic nitrogens is 1. The number of hydrogen-bond acceptors (Lipinski definition) is 6. The first-order valence-corrected chi connectivity index (χ1v) is 12.7. The first kappa shape index (κ1) is 22.4. The SMILES string of the molecule is COc1ccc(Cc2csc(N3CCN(S(=O)(=O)c4cccc(Cl)c4Cl)CC3)n2)cc1. The summed E-state index contributed by atoms with van der Waals surface area (Å²) in [5.41, 5.74) is 2.15. The molecule has 0 spiro atoms. The quantitative estimate of drug-likeness (QED) is 0.499. The van der Waals surface area contributed by atoms with E-state index in [4.69, 9.17) is 32.9 Å². The summed E-state index contributed by atoms with van der Waals surface area (Å²) < 4.78 is 32.6. The third kappa shape index (κ3) is 4.83. The Labute approximate surface area is 196 Å². The molecule has 164 valence electrons. The van der Waals surface area contributed by atoms with E-state index in [9.17, 15) is 8.42 Å². The predicted octanol–water partition coefficient (Wildman–Crippen LogP) is 4.56. The van der Waals surface area contributed by atoms with Crippen LogP contribution in [0.25, 0.3) is 0 Å². The zero-order valence-corrected chi connectivity index (χ0v) is 19.9. The van der Waals surface area contributed by atoms with E-state index >= 15 is 0 Å². The van der Waals surface area contributed by atoms with Gasteiger partial charge in [0.25, 0.3) is 0 Å². The predicted molar refractivity (Wildman–Crippen MR) is 125 cm³/mol. The van der Waals surface area contributed by atoms with Gasteiger partial charge >= 0.3 is 0 Å². The Morgan fingerprint density at radius 3 is 2.45 bits per heavy atom. The minimum absolute atomic E-state index is 0.0474. The third-order valence-corrected chi connectivity index (χ3v) is 8.95. The molecular weight excluding hydrogens is 477 g/mol. The van der Waals surface area contributed by atoms with Gasteiger partial charge in [0.05, 0.1) is 22.8 Å². The highest BCUT2D eigenvalue weighted by molar-refractivity contribution is 7.89. The van der Waals surface area contributed by atoms with Gasteiger partial charge in [-0.15, -0.1) is 11.3 Å². The summed E-state index contributed by atoms with van der Waals surface area (Å²) in [5, 5.41) is 3.25. The lowest BCUT2D eigenvalue weighted by molar-refractivity contribution is 0.384. The third-order valence-electron chi connectivity index (χ3n) is 5.13. The summed E-state index contributed by atoms with van der Waals surface area (Å²) >= 11 is 13.7.